The molecule has 5 heteroatoms. The maximum atomic E-state index is 13.2. The van der Waals surface area contributed by atoms with Crippen LogP contribution in [0, 0.1) is 5.82 Å². The van der Waals surface area contributed by atoms with Crippen LogP contribution in [0.15, 0.2) is 47.7 Å². The Morgan fingerprint density at radius 1 is 1.04 bits per heavy atom. The van der Waals surface area contributed by atoms with Crippen LogP contribution in [-0.2, 0) is 10.3 Å². The summed E-state index contributed by atoms with van der Waals surface area (Å²) in [6, 6.07) is 9.52. The number of nitrogens with zero attached hydrogens (tertiary/aromatic N) is 1. The van der Waals surface area contributed by atoms with Gasteiger partial charge in [-0.2, -0.15) is 0 Å². The Labute approximate surface area is 138 Å². The lowest BCUT2D eigenvalue weighted by Crippen LogP contribution is -2.41. The molecule has 24 heavy (non-hydrogen) atoms. The molecule has 1 saturated carbocycles. The minimum absolute atomic E-state index is 0.132. The first kappa shape index (κ1) is 14.9. The van der Waals surface area contributed by atoms with Crippen LogP contribution in [0.3, 0.4) is 0 Å². The minimum Gasteiger partial charge on any atom is -0.509 e. The number of halogens is 1. The number of aliphatic hydroxyl groups is 1. The van der Waals surface area contributed by atoms with Crippen LogP contribution in [0.25, 0.3) is 11.3 Å². The molecule has 2 heterocycles. The van der Waals surface area contributed by atoms with E-state index in [0.717, 1.165) is 24.1 Å². The van der Waals surface area contributed by atoms with Gasteiger partial charge in [0.1, 0.15) is 22.7 Å². The van der Waals surface area contributed by atoms with Gasteiger partial charge in [-0.15, -0.1) is 0 Å². The molecule has 4 rings (SSSR count). The summed E-state index contributed by atoms with van der Waals surface area (Å²) in [6.07, 6.45) is 3.60. The fraction of sp³-hybridized carbons (Fsp3) is 0.263. The summed E-state index contributed by atoms with van der Waals surface area (Å²) in [5, 5.41) is 10.7. The smallest absolute Gasteiger partial charge is 0.216 e. The van der Waals surface area contributed by atoms with E-state index in [2.05, 4.69) is 0 Å². The van der Waals surface area contributed by atoms with Crippen molar-refractivity contribution in [3.05, 3.63) is 59.2 Å². The van der Waals surface area contributed by atoms with Crippen molar-refractivity contribution < 1.29 is 19.1 Å². The van der Waals surface area contributed by atoms with Gasteiger partial charge in [-0.3, -0.25) is 9.59 Å². The van der Waals surface area contributed by atoms with Crippen LogP contribution < -0.4 is 0 Å². The Hall–Kier alpha value is -2.69. The standard InChI is InChI=1S/C19H16FNO3/c20-13-5-3-12(4-6-13)15-7-8-16-17(23)14(11-22)18(24)19(21(15)16)9-1-2-10-19/h3-8,11,24H,1-2,9-10H2. The van der Waals surface area contributed by atoms with Gasteiger partial charge in [0, 0.05) is 5.69 Å². The molecule has 1 aromatic heterocycles. The molecule has 1 aliphatic heterocycles. The zero-order chi connectivity index (χ0) is 16.9. The van der Waals surface area contributed by atoms with Crippen LogP contribution in [-0.4, -0.2) is 21.7 Å². The van der Waals surface area contributed by atoms with Crippen LogP contribution in [0.1, 0.15) is 36.2 Å². The topological polar surface area (TPSA) is 59.3 Å². The van der Waals surface area contributed by atoms with Gasteiger partial charge in [0.05, 0.1) is 5.69 Å². The molecule has 122 valence electrons. The van der Waals surface area contributed by atoms with Crippen molar-refractivity contribution in [2.24, 2.45) is 0 Å². The number of benzene rings is 1. The molecular formula is C19H16FNO3. The van der Waals surface area contributed by atoms with Gasteiger partial charge in [-0.1, -0.05) is 12.8 Å². The molecule has 0 bridgehead atoms. The van der Waals surface area contributed by atoms with Gasteiger partial charge in [0.15, 0.2) is 6.29 Å². The Morgan fingerprint density at radius 2 is 1.67 bits per heavy atom. The number of hydrogen-bond acceptors (Lipinski definition) is 3. The Morgan fingerprint density at radius 3 is 2.29 bits per heavy atom. The number of allylic oxidation sites excluding steroid dienone is 2. The van der Waals surface area contributed by atoms with Crippen molar-refractivity contribution in [3.8, 4) is 11.3 Å². The van der Waals surface area contributed by atoms with Gasteiger partial charge in [0.25, 0.3) is 0 Å². The number of aldehydes is 1. The predicted octanol–water partition coefficient (Wildman–Crippen LogP) is 3.77. The highest BCUT2D eigenvalue weighted by atomic mass is 19.1. The summed E-state index contributed by atoms with van der Waals surface area (Å²) >= 11 is 0. The van der Waals surface area contributed by atoms with Crippen molar-refractivity contribution >= 4 is 12.1 Å². The SMILES string of the molecule is O=CC1=C(O)C2(CCCC2)n2c(ccc2-c2ccc(F)cc2)C1=O. The van der Waals surface area contributed by atoms with Gasteiger partial charge < -0.3 is 9.67 Å². The highest BCUT2D eigenvalue weighted by Gasteiger charge is 2.48. The summed E-state index contributed by atoms with van der Waals surface area (Å²) in [4.78, 5) is 23.9. The number of ketones is 1. The lowest BCUT2D eigenvalue weighted by Gasteiger charge is -2.37. The molecule has 2 aromatic rings. The van der Waals surface area contributed by atoms with E-state index in [1.165, 1.54) is 12.1 Å². The highest BCUT2D eigenvalue weighted by molar-refractivity contribution is 6.21. The third-order valence-electron chi connectivity index (χ3n) is 5.17. The molecule has 4 nitrogen and oxygen atoms in total. The first-order chi connectivity index (χ1) is 11.6. The summed E-state index contributed by atoms with van der Waals surface area (Å²) in [6.45, 7) is 0. The zero-order valence-corrected chi connectivity index (χ0v) is 13.0. The number of carbonyl (C=O) groups excluding carboxylic acids is 2. The molecule has 0 atom stereocenters. The fourth-order valence-corrected chi connectivity index (χ4v) is 4.05. The van der Waals surface area contributed by atoms with Crippen molar-refractivity contribution in [2.45, 2.75) is 31.2 Å². The summed E-state index contributed by atoms with van der Waals surface area (Å²) in [5.74, 6) is -0.928. The Bertz CT molecular complexity index is 871. The van der Waals surface area contributed by atoms with E-state index in [0.29, 0.717) is 24.8 Å². The quantitative estimate of drug-likeness (QED) is 0.675. The van der Waals surface area contributed by atoms with E-state index in [4.69, 9.17) is 0 Å². The maximum Gasteiger partial charge on any atom is 0.216 e. The molecule has 2 aliphatic rings. The molecular weight excluding hydrogens is 309 g/mol. The first-order valence-corrected chi connectivity index (χ1v) is 8.00. The predicted molar refractivity (Wildman–Crippen MR) is 86.3 cm³/mol. The average Bonchev–Trinajstić information content (AvgIpc) is 3.23. The van der Waals surface area contributed by atoms with Gasteiger partial charge >= 0.3 is 0 Å². The third-order valence-corrected chi connectivity index (χ3v) is 5.17. The molecule has 1 aliphatic carbocycles. The number of Topliss-reactive ketones (excluding diaryl/α,β-unsaturated/α-hetero) is 1. The summed E-state index contributed by atoms with van der Waals surface area (Å²) in [7, 11) is 0. The third kappa shape index (κ3) is 1.84. The second-order valence-corrected chi connectivity index (χ2v) is 6.39. The number of rotatable bonds is 2. The number of hydrogen-bond donors (Lipinski definition) is 1. The number of aromatic nitrogens is 1. The summed E-state index contributed by atoms with van der Waals surface area (Å²) in [5.41, 5.74) is 1.01. The van der Waals surface area contributed by atoms with Crippen molar-refractivity contribution in [1.29, 1.82) is 0 Å². The van der Waals surface area contributed by atoms with Gasteiger partial charge in [-0.25, -0.2) is 4.39 Å². The van der Waals surface area contributed by atoms with Crippen LogP contribution >= 0.6 is 0 Å². The second kappa shape index (κ2) is 5.16. The average molecular weight is 325 g/mol. The number of carbonyl (C=O) groups is 2. The number of fused-ring (bicyclic) bond motifs is 2. The Kier molecular flexibility index (Phi) is 3.20. The van der Waals surface area contributed by atoms with E-state index in [1.807, 2.05) is 4.57 Å². The van der Waals surface area contributed by atoms with Crippen molar-refractivity contribution in [3.63, 3.8) is 0 Å². The van der Waals surface area contributed by atoms with E-state index < -0.39 is 11.3 Å². The van der Waals surface area contributed by atoms with Crippen LogP contribution in [0.5, 0.6) is 0 Å². The lowest BCUT2D eigenvalue weighted by atomic mass is 9.85. The minimum atomic E-state index is -0.757. The van der Waals surface area contributed by atoms with Gasteiger partial charge in [-0.05, 0) is 54.8 Å². The van der Waals surface area contributed by atoms with E-state index >= 15 is 0 Å². The van der Waals surface area contributed by atoms with Crippen LogP contribution in [0.4, 0.5) is 4.39 Å². The molecule has 0 unspecified atom stereocenters. The van der Waals surface area contributed by atoms with Crippen LogP contribution in [0.2, 0.25) is 0 Å². The van der Waals surface area contributed by atoms with Crippen molar-refractivity contribution in [1.82, 2.24) is 4.57 Å². The first-order valence-electron chi connectivity index (χ1n) is 8.00. The van der Waals surface area contributed by atoms with E-state index in [1.54, 1.807) is 24.3 Å². The molecule has 1 aromatic carbocycles. The normalized spacial score (nSPS) is 19.0. The molecule has 0 saturated heterocycles. The van der Waals surface area contributed by atoms with Crippen molar-refractivity contribution in [2.75, 3.05) is 0 Å². The zero-order valence-electron chi connectivity index (χ0n) is 13.0. The molecule has 1 spiro atoms. The van der Waals surface area contributed by atoms with Gasteiger partial charge in [0.2, 0.25) is 5.78 Å². The lowest BCUT2D eigenvalue weighted by molar-refractivity contribution is -0.104. The fourth-order valence-electron chi connectivity index (χ4n) is 4.05. The summed E-state index contributed by atoms with van der Waals surface area (Å²) < 4.78 is 15.1. The molecule has 0 radical (unpaired) electrons. The maximum absolute atomic E-state index is 13.2. The molecule has 0 amide bonds. The monoisotopic (exact) mass is 325 g/mol. The largest absolute Gasteiger partial charge is 0.509 e. The van der Waals surface area contributed by atoms with E-state index in [-0.39, 0.29) is 17.1 Å². The molecule has 1 N–H and O–H groups in total. The Balaban J connectivity index is 1.99. The van der Waals surface area contributed by atoms with E-state index in [9.17, 15) is 19.1 Å². The highest BCUT2D eigenvalue weighted by Crippen LogP contribution is 2.48. The molecule has 1 fully saturated rings. The number of aliphatic hydroxyl groups excluding tert-OH is 1. The second-order valence-electron chi connectivity index (χ2n) is 6.39.